The van der Waals surface area contributed by atoms with E-state index in [1.165, 1.54) is 24.5 Å². The summed E-state index contributed by atoms with van der Waals surface area (Å²) in [5, 5.41) is 2.57. The molecule has 1 aromatic rings. The lowest BCUT2D eigenvalue weighted by Crippen LogP contribution is -2.26. The fourth-order valence-electron chi connectivity index (χ4n) is 2.27. The highest BCUT2D eigenvalue weighted by Crippen LogP contribution is 2.19. The second-order valence-corrected chi connectivity index (χ2v) is 4.71. The summed E-state index contributed by atoms with van der Waals surface area (Å²) in [4.78, 5) is 11.7. The molecule has 0 bridgehead atoms. The van der Waals surface area contributed by atoms with Crippen LogP contribution in [-0.2, 0) is 0 Å². The average Bonchev–Trinajstić information content (AvgIpc) is 2.40. The molecular weight excluding hydrogens is 248 g/mol. The highest BCUT2D eigenvalue weighted by Gasteiger charge is 2.16. The molecule has 1 aliphatic carbocycles. The number of rotatable bonds is 4. The van der Waals surface area contributed by atoms with Crippen LogP contribution in [0.2, 0.25) is 0 Å². The first-order valence-electron chi connectivity index (χ1n) is 6.58. The third-order valence-electron chi connectivity index (χ3n) is 3.31. The van der Waals surface area contributed by atoms with Crippen molar-refractivity contribution in [1.29, 1.82) is 0 Å². The van der Waals surface area contributed by atoms with Gasteiger partial charge in [-0.2, -0.15) is 0 Å². The highest BCUT2D eigenvalue weighted by atomic mass is 19.1. The quantitative estimate of drug-likeness (QED) is 0.828. The van der Waals surface area contributed by atoms with Gasteiger partial charge in [-0.05, 0) is 44.2 Å². The zero-order valence-electron chi connectivity index (χ0n) is 10.7. The van der Waals surface area contributed by atoms with Gasteiger partial charge in [0.2, 0.25) is 0 Å². The van der Waals surface area contributed by atoms with Gasteiger partial charge in [0.1, 0.15) is 17.2 Å². The van der Waals surface area contributed by atoms with Gasteiger partial charge in [0.25, 0.3) is 5.91 Å². The van der Waals surface area contributed by atoms with Crippen LogP contribution in [0.1, 0.15) is 42.5 Å². The van der Waals surface area contributed by atoms with Crippen LogP contribution in [0.4, 0.5) is 8.78 Å². The maximum atomic E-state index is 13.4. The normalized spacial score (nSPS) is 14.9. The van der Waals surface area contributed by atoms with Gasteiger partial charge in [-0.25, -0.2) is 8.78 Å². The number of benzene rings is 1. The Kier molecular flexibility index (Phi) is 4.66. The molecule has 0 heterocycles. The number of halogens is 2. The van der Waals surface area contributed by atoms with Crippen molar-refractivity contribution >= 4 is 5.91 Å². The SMILES string of the molecule is O=C(NCCC1=CCCCC1)c1c(F)cccc1F. The van der Waals surface area contributed by atoms with Crippen molar-refractivity contribution in [3.63, 3.8) is 0 Å². The summed E-state index contributed by atoms with van der Waals surface area (Å²) in [5.41, 5.74) is 0.820. The van der Waals surface area contributed by atoms with Crippen molar-refractivity contribution in [3.05, 3.63) is 47.0 Å². The van der Waals surface area contributed by atoms with E-state index in [1.807, 2.05) is 0 Å². The van der Waals surface area contributed by atoms with Gasteiger partial charge in [-0.1, -0.05) is 17.7 Å². The molecule has 0 fully saturated rings. The number of allylic oxidation sites excluding steroid dienone is 1. The number of amides is 1. The first-order chi connectivity index (χ1) is 9.18. The first kappa shape index (κ1) is 13.7. The minimum atomic E-state index is -0.825. The number of carbonyl (C=O) groups is 1. The molecule has 1 aromatic carbocycles. The molecule has 0 atom stereocenters. The molecule has 0 radical (unpaired) electrons. The molecule has 1 N–H and O–H groups in total. The van der Waals surface area contributed by atoms with E-state index in [4.69, 9.17) is 0 Å². The van der Waals surface area contributed by atoms with Gasteiger partial charge < -0.3 is 5.32 Å². The van der Waals surface area contributed by atoms with E-state index in [2.05, 4.69) is 11.4 Å². The van der Waals surface area contributed by atoms with E-state index < -0.39 is 23.1 Å². The Labute approximate surface area is 111 Å². The lowest BCUT2D eigenvalue weighted by Gasteiger charge is -2.13. The molecule has 0 spiro atoms. The molecule has 19 heavy (non-hydrogen) atoms. The molecule has 2 rings (SSSR count). The maximum Gasteiger partial charge on any atom is 0.257 e. The van der Waals surface area contributed by atoms with Crippen LogP contribution < -0.4 is 5.32 Å². The highest BCUT2D eigenvalue weighted by molar-refractivity contribution is 5.94. The Bertz CT molecular complexity index is 477. The smallest absolute Gasteiger partial charge is 0.257 e. The third-order valence-corrected chi connectivity index (χ3v) is 3.31. The molecule has 0 saturated carbocycles. The van der Waals surface area contributed by atoms with E-state index in [1.54, 1.807) is 0 Å². The topological polar surface area (TPSA) is 29.1 Å². The minimum absolute atomic E-state index is 0.415. The van der Waals surface area contributed by atoms with Crippen molar-refractivity contribution in [2.24, 2.45) is 0 Å². The largest absolute Gasteiger partial charge is 0.352 e. The predicted molar refractivity (Wildman–Crippen MR) is 69.9 cm³/mol. The van der Waals surface area contributed by atoms with E-state index in [9.17, 15) is 13.6 Å². The molecule has 2 nitrogen and oxygen atoms in total. The zero-order chi connectivity index (χ0) is 13.7. The van der Waals surface area contributed by atoms with Crippen LogP contribution in [0.3, 0.4) is 0 Å². The molecule has 1 aliphatic rings. The number of hydrogen-bond acceptors (Lipinski definition) is 1. The van der Waals surface area contributed by atoms with Gasteiger partial charge in [-0.3, -0.25) is 4.79 Å². The van der Waals surface area contributed by atoms with Gasteiger partial charge in [0.15, 0.2) is 0 Å². The van der Waals surface area contributed by atoms with Gasteiger partial charge in [-0.15, -0.1) is 0 Å². The standard InChI is InChI=1S/C15H17F2NO/c16-12-7-4-8-13(17)14(12)15(19)18-10-9-11-5-2-1-3-6-11/h4-5,7-8H,1-3,6,9-10H2,(H,18,19). The van der Waals surface area contributed by atoms with Crippen LogP contribution in [0.5, 0.6) is 0 Å². The molecule has 4 heteroatoms. The fourth-order valence-corrected chi connectivity index (χ4v) is 2.27. The number of carbonyl (C=O) groups excluding carboxylic acids is 1. The molecule has 0 saturated heterocycles. The average molecular weight is 265 g/mol. The molecule has 102 valence electrons. The monoisotopic (exact) mass is 265 g/mol. The predicted octanol–water partition coefficient (Wildman–Crippen LogP) is 3.59. The van der Waals surface area contributed by atoms with Crippen molar-refractivity contribution < 1.29 is 13.6 Å². The number of hydrogen-bond donors (Lipinski definition) is 1. The number of nitrogens with one attached hydrogen (secondary N) is 1. The van der Waals surface area contributed by atoms with E-state index in [0.717, 1.165) is 31.4 Å². The summed E-state index contributed by atoms with van der Waals surface area (Å²) in [5.74, 6) is -2.34. The summed E-state index contributed by atoms with van der Waals surface area (Å²) < 4.78 is 26.7. The molecule has 0 aliphatic heterocycles. The van der Waals surface area contributed by atoms with Crippen molar-refractivity contribution in [3.8, 4) is 0 Å². The van der Waals surface area contributed by atoms with Crippen LogP contribution >= 0.6 is 0 Å². The Hall–Kier alpha value is -1.71. The van der Waals surface area contributed by atoms with Crippen molar-refractivity contribution in [2.75, 3.05) is 6.54 Å². The fraction of sp³-hybridized carbons (Fsp3) is 0.400. The zero-order valence-corrected chi connectivity index (χ0v) is 10.7. The maximum absolute atomic E-state index is 13.4. The summed E-state index contributed by atoms with van der Waals surface area (Å²) in [6, 6.07) is 3.41. The van der Waals surface area contributed by atoms with Crippen LogP contribution in [0, 0.1) is 11.6 Å². The Morgan fingerprint density at radius 1 is 1.21 bits per heavy atom. The Balaban J connectivity index is 1.89. The summed E-state index contributed by atoms with van der Waals surface area (Å²) in [7, 11) is 0. The van der Waals surface area contributed by atoms with Gasteiger partial charge in [0.05, 0.1) is 0 Å². The van der Waals surface area contributed by atoms with Gasteiger partial charge in [0, 0.05) is 6.54 Å². The third kappa shape index (κ3) is 3.63. The molecule has 0 unspecified atom stereocenters. The summed E-state index contributed by atoms with van der Waals surface area (Å²) in [6.07, 6.45) is 7.49. The lowest BCUT2D eigenvalue weighted by atomic mass is 9.97. The summed E-state index contributed by atoms with van der Waals surface area (Å²) in [6.45, 7) is 0.415. The van der Waals surface area contributed by atoms with Crippen LogP contribution in [-0.4, -0.2) is 12.5 Å². The van der Waals surface area contributed by atoms with Gasteiger partial charge >= 0.3 is 0 Å². The molecular formula is C15H17F2NO. The van der Waals surface area contributed by atoms with Crippen LogP contribution in [0.15, 0.2) is 29.8 Å². The molecule has 1 amide bonds. The minimum Gasteiger partial charge on any atom is -0.352 e. The second kappa shape index (κ2) is 6.45. The van der Waals surface area contributed by atoms with Crippen molar-refractivity contribution in [1.82, 2.24) is 5.32 Å². The summed E-state index contributed by atoms with van der Waals surface area (Å²) >= 11 is 0. The van der Waals surface area contributed by atoms with Crippen LogP contribution in [0.25, 0.3) is 0 Å². The van der Waals surface area contributed by atoms with E-state index in [0.29, 0.717) is 6.54 Å². The Morgan fingerprint density at radius 3 is 2.58 bits per heavy atom. The van der Waals surface area contributed by atoms with E-state index in [-0.39, 0.29) is 0 Å². The van der Waals surface area contributed by atoms with E-state index >= 15 is 0 Å². The van der Waals surface area contributed by atoms with Crippen molar-refractivity contribution in [2.45, 2.75) is 32.1 Å². The first-order valence-corrected chi connectivity index (χ1v) is 6.58. The second-order valence-electron chi connectivity index (χ2n) is 4.71. The molecule has 0 aromatic heterocycles. The Morgan fingerprint density at radius 2 is 1.95 bits per heavy atom. The lowest BCUT2D eigenvalue weighted by molar-refractivity contribution is 0.0945.